The van der Waals surface area contributed by atoms with Gasteiger partial charge in [-0.2, -0.15) is 4.98 Å². The van der Waals surface area contributed by atoms with Gasteiger partial charge in [0.2, 0.25) is 5.89 Å². The number of hydrogen-bond donors (Lipinski definition) is 2. The zero-order valence-corrected chi connectivity index (χ0v) is 8.90. The Morgan fingerprint density at radius 2 is 2.25 bits per heavy atom. The van der Waals surface area contributed by atoms with E-state index in [0.29, 0.717) is 11.9 Å². The molecule has 0 spiro atoms. The van der Waals surface area contributed by atoms with Gasteiger partial charge in [-0.25, -0.2) is 0 Å². The molecule has 2 aliphatic carbocycles. The molecule has 3 rings (SSSR count). The van der Waals surface area contributed by atoms with Crippen LogP contribution in [0.1, 0.15) is 48.6 Å². The van der Waals surface area contributed by atoms with Crippen LogP contribution in [0.4, 0.5) is 0 Å². The van der Waals surface area contributed by atoms with Crippen molar-refractivity contribution in [3.05, 3.63) is 11.7 Å². The number of nitrogens with one attached hydrogen (secondary N) is 1. The molecule has 0 aliphatic heterocycles. The Morgan fingerprint density at radius 1 is 1.50 bits per heavy atom. The highest BCUT2D eigenvalue weighted by molar-refractivity contribution is 5.90. The molecule has 1 aromatic rings. The number of nitrogens with zero attached hydrogens (tertiary/aromatic N) is 2. The second kappa shape index (κ2) is 3.28. The smallest absolute Gasteiger partial charge is 0.292 e. The summed E-state index contributed by atoms with van der Waals surface area (Å²) in [4.78, 5) is 15.7. The lowest BCUT2D eigenvalue weighted by Crippen LogP contribution is -2.43. The molecule has 6 heteroatoms. The predicted octanol–water partition coefficient (Wildman–Crippen LogP) is 0.300. The summed E-state index contributed by atoms with van der Waals surface area (Å²) in [7, 11) is 0. The standard InChI is InChI=1S/C10H14N4O2/c11-10(4-1-5-10)9-13-7(14-16-9)8(15)12-6-2-3-6/h6H,1-5,11H2,(H,12,15). The topological polar surface area (TPSA) is 94.0 Å². The van der Waals surface area contributed by atoms with E-state index in [0.717, 1.165) is 32.1 Å². The van der Waals surface area contributed by atoms with Crippen molar-refractivity contribution in [3.63, 3.8) is 0 Å². The van der Waals surface area contributed by atoms with Gasteiger partial charge in [0, 0.05) is 6.04 Å². The normalized spacial score (nSPS) is 22.6. The Kier molecular flexibility index (Phi) is 2.00. The maximum atomic E-state index is 11.6. The van der Waals surface area contributed by atoms with E-state index in [-0.39, 0.29) is 11.7 Å². The molecule has 0 aromatic carbocycles. The molecule has 1 aromatic heterocycles. The first-order valence-corrected chi connectivity index (χ1v) is 5.61. The highest BCUT2D eigenvalue weighted by Crippen LogP contribution is 2.37. The summed E-state index contributed by atoms with van der Waals surface area (Å²) in [6.45, 7) is 0. The van der Waals surface area contributed by atoms with Crippen LogP contribution in [0, 0.1) is 0 Å². The Hall–Kier alpha value is -1.43. The van der Waals surface area contributed by atoms with Gasteiger partial charge in [0.05, 0.1) is 5.54 Å². The third-order valence-electron chi connectivity index (χ3n) is 3.21. The van der Waals surface area contributed by atoms with Gasteiger partial charge < -0.3 is 15.6 Å². The first-order valence-electron chi connectivity index (χ1n) is 5.61. The van der Waals surface area contributed by atoms with Crippen LogP contribution in [0.25, 0.3) is 0 Å². The maximum absolute atomic E-state index is 11.6. The Labute approximate surface area is 92.6 Å². The van der Waals surface area contributed by atoms with Gasteiger partial charge in [0.1, 0.15) is 0 Å². The molecule has 86 valence electrons. The van der Waals surface area contributed by atoms with Crippen molar-refractivity contribution in [2.75, 3.05) is 0 Å². The van der Waals surface area contributed by atoms with Crippen molar-refractivity contribution in [2.24, 2.45) is 5.73 Å². The van der Waals surface area contributed by atoms with Gasteiger partial charge in [-0.3, -0.25) is 4.79 Å². The van der Waals surface area contributed by atoms with E-state index in [1.54, 1.807) is 0 Å². The van der Waals surface area contributed by atoms with E-state index >= 15 is 0 Å². The average Bonchev–Trinajstić information content (AvgIpc) is 2.89. The number of rotatable bonds is 3. The molecule has 6 nitrogen and oxygen atoms in total. The third-order valence-corrected chi connectivity index (χ3v) is 3.21. The maximum Gasteiger partial charge on any atom is 0.292 e. The second-order valence-electron chi connectivity index (χ2n) is 4.68. The van der Waals surface area contributed by atoms with E-state index in [1.165, 1.54) is 0 Å². The summed E-state index contributed by atoms with van der Waals surface area (Å²) in [5.74, 6) is 0.221. The molecule has 16 heavy (non-hydrogen) atoms. The Bertz CT molecular complexity index is 420. The lowest BCUT2D eigenvalue weighted by atomic mass is 9.78. The van der Waals surface area contributed by atoms with Crippen LogP contribution >= 0.6 is 0 Å². The quantitative estimate of drug-likeness (QED) is 0.767. The average molecular weight is 222 g/mol. The van der Waals surface area contributed by atoms with Crippen molar-refractivity contribution >= 4 is 5.91 Å². The van der Waals surface area contributed by atoms with Crippen molar-refractivity contribution < 1.29 is 9.32 Å². The molecule has 0 bridgehead atoms. The van der Waals surface area contributed by atoms with Gasteiger partial charge in [0.25, 0.3) is 11.7 Å². The Balaban J connectivity index is 1.73. The lowest BCUT2D eigenvalue weighted by Gasteiger charge is -2.33. The van der Waals surface area contributed by atoms with Crippen molar-refractivity contribution in [2.45, 2.75) is 43.7 Å². The van der Waals surface area contributed by atoms with E-state index in [2.05, 4.69) is 15.5 Å². The van der Waals surface area contributed by atoms with E-state index in [9.17, 15) is 4.79 Å². The summed E-state index contributed by atoms with van der Waals surface area (Å²) in [6.07, 6.45) is 4.84. The highest BCUT2D eigenvalue weighted by Gasteiger charge is 2.40. The highest BCUT2D eigenvalue weighted by atomic mass is 16.5. The van der Waals surface area contributed by atoms with Gasteiger partial charge in [-0.1, -0.05) is 5.16 Å². The van der Waals surface area contributed by atoms with Crippen molar-refractivity contribution in [1.82, 2.24) is 15.5 Å². The van der Waals surface area contributed by atoms with Crippen molar-refractivity contribution in [3.8, 4) is 0 Å². The van der Waals surface area contributed by atoms with E-state index in [4.69, 9.17) is 10.3 Å². The molecule has 0 radical (unpaired) electrons. The predicted molar refractivity (Wildman–Crippen MR) is 54.5 cm³/mol. The van der Waals surface area contributed by atoms with Crippen LogP contribution in [-0.4, -0.2) is 22.1 Å². The number of carbonyl (C=O) groups excluding carboxylic acids is 1. The van der Waals surface area contributed by atoms with Crippen molar-refractivity contribution in [1.29, 1.82) is 0 Å². The summed E-state index contributed by atoms with van der Waals surface area (Å²) in [6, 6.07) is 0.296. The minimum absolute atomic E-state index is 0.0959. The molecule has 1 amide bonds. The first kappa shape index (κ1) is 9.77. The van der Waals surface area contributed by atoms with E-state index < -0.39 is 5.54 Å². The fourth-order valence-corrected chi connectivity index (χ4v) is 1.77. The summed E-state index contributed by atoms with van der Waals surface area (Å²) < 4.78 is 5.05. The van der Waals surface area contributed by atoms with Gasteiger partial charge >= 0.3 is 0 Å². The molecule has 0 saturated heterocycles. The monoisotopic (exact) mass is 222 g/mol. The zero-order valence-electron chi connectivity index (χ0n) is 8.90. The fourth-order valence-electron chi connectivity index (χ4n) is 1.77. The third kappa shape index (κ3) is 1.59. The first-order chi connectivity index (χ1) is 7.67. The largest absolute Gasteiger partial charge is 0.346 e. The van der Waals surface area contributed by atoms with Crippen LogP contribution in [0.5, 0.6) is 0 Å². The van der Waals surface area contributed by atoms with Gasteiger partial charge in [-0.05, 0) is 32.1 Å². The zero-order chi connectivity index (χ0) is 11.2. The molecular formula is C10H14N4O2. The number of nitrogens with two attached hydrogens (primary N) is 1. The molecule has 0 atom stereocenters. The minimum Gasteiger partial charge on any atom is -0.346 e. The molecular weight excluding hydrogens is 208 g/mol. The lowest BCUT2D eigenvalue weighted by molar-refractivity contribution is 0.0937. The molecule has 2 aliphatic rings. The summed E-state index contributed by atoms with van der Waals surface area (Å²) in [5.41, 5.74) is 5.53. The Morgan fingerprint density at radius 3 is 2.81 bits per heavy atom. The van der Waals surface area contributed by atoms with Gasteiger partial charge in [-0.15, -0.1) is 0 Å². The van der Waals surface area contributed by atoms with Crippen LogP contribution in [-0.2, 0) is 5.54 Å². The minimum atomic E-state index is -0.495. The number of aromatic nitrogens is 2. The second-order valence-corrected chi connectivity index (χ2v) is 4.68. The van der Waals surface area contributed by atoms with Crippen LogP contribution in [0.15, 0.2) is 4.52 Å². The molecule has 0 unspecified atom stereocenters. The molecule has 1 heterocycles. The number of hydrogen-bond acceptors (Lipinski definition) is 5. The SMILES string of the molecule is NC1(c2nc(C(=O)NC3CC3)no2)CCC1. The van der Waals surface area contributed by atoms with Crippen LogP contribution in [0.2, 0.25) is 0 Å². The van der Waals surface area contributed by atoms with E-state index in [1.807, 2.05) is 0 Å². The molecule has 3 N–H and O–H groups in total. The van der Waals surface area contributed by atoms with Crippen LogP contribution in [0.3, 0.4) is 0 Å². The fraction of sp³-hybridized carbons (Fsp3) is 0.700. The van der Waals surface area contributed by atoms with Crippen LogP contribution < -0.4 is 11.1 Å². The van der Waals surface area contributed by atoms with Gasteiger partial charge in [0.15, 0.2) is 0 Å². The molecule has 2 saturated carbocycles. The molecule has 2 fully saturated rings. The number of amides is 1. The number of carbonyl (C=O) groups is 1. The summed E-state index contributed by atoms with van der Waals surface area (Å²) >= 11 is 0. The summed E-state index contributed by atoms with van der Waals surface area (Å²) in [5, 5.41) is 6.47.